The number of aromatic nitrogens is 1. The molecule has 2 aromatic rings. The number of carbonyl (C=O) groups excluding carboxylic acids is 1. The number of hydrogen-bond acceptors (Lipinski definition) is 5. The van der Waals surface area contributed by atoms with Crippen molar-refractivity contribution in [1.29, 1.82) is 0 Å². The van der Waals surface area contributed by atoms with Crippen molar-refractivity contribution in [3.05, 3.63) is 72.3 Å². The molecule has 1 aromatic heterocycles. The van der Waals surface area contributed by atoms with E-state index in [0.717, 1.165) is 25.7 Å². The number of pyridine rings is 1. The number of nitrogens with two attached hydrogens (primary N) is 1. The van der Waals surface area contributed by atoms with Gasteiger partial charge in [-0.3, -0.25) is 4.98 Å². The first-order valence-electron chi connectivity index (χ1n) is 10.2. The normalized spacial score (nSPS) is 21.2. The Labute approximate surface area is 179 Å². The molecule has 1 aromatic carbocycles. The molecular formula is C23H24F2N3O3+. The largest absolute Gasteiger partial charge is 0.486 e. The standard InChI is InChI=1S/C23H24F2N3O3/c24-23(25)31-20-10-9-18(13-21(20)30-19-7-1-2-8-19)28(12-4-6-17(26)15-28)22(29)16-5-3-11-27-14-16/h3-6,9-11,13-15,19,23H,1-2,7-8,12,26H2/q+1. The summed E-state index contributed by atoms with van der Waals surface area (Å²) in [4.78, 5) is 17.6. The van der Waals surface area contributed by atoms with Gasteiger partial charge in [-0.2, -0.15) is 13.3 Å². The van der Waals surface area contributed by atoms with Crippen molar-refractivity contribution < 1.29 is 23.0 Å². The van der Waals surface area contributed by atoms with Crippen LogP contribution in [0.4, 0.5) is 14.5 Å². The van der Waals surface area contributed by atoms with E-state index in [1.807, 2.05) is 6.08 Å². The summed E-state index contributed by atoms with van der Waals surface area (Å²) in [6, 6.07) is 7.99. The fourth-order valence-electron chi connectivity index (χ4n) is 4.08. The molecule has 0 saturated heterocycles. The molecule has 31 heavy (non-hydrogen) atoms. The highest BCUT2D eigenvalue weighted by Gasteiger charge is 2.40. The topological polar surface area (TPSA) is 74.4 Å². The van der Waals surface area contributed by atoms with Crippen LogP contribution < -0.4 is 19.7 Å². The minimum absolute atomic E-state index is 0.0536. The van der Waals surface area contributed by atoms with Crippen molar-refractivity contribution >= 4 is 11.6 Å². The first-order chi connectivity index (χ1) is 15.0. The van der Waals surface area contributed by atoms with E-state index in [0.29, 0.717) is 23.5 Å². The molecule has 1 saturated carbocycles. The highest BCUT2D eigenvalue weighted by atomic mass is 19.3. The molecule has 162 valence electrons. The molecule has 1 aliphatic carbocycles. The van der Waals surface area contributed by atoms with Crippen LogP contribution in [-0.2, 0) is 0 Å². The van der Waals surface area contributed by atoms with Crippen molar-refractivity contribution in [3.8, 4) is 11.5 Å². The Morgan fingerprint density at radius 3 is 2.68 bits per heavy atom. The molecule has 0 spiro atoms. The summed E-state index contributed by atoms with van der Waals surface area (Å²) in [5.41, 5.74) is 7.44. The predicted molar refractivity (Wildman–Crippen MR) is 113 cm³/mol. The van der Waals surface area contributed by atoms with Crippen LogP contribution in [-0.4, -0.2) is 30.2 Å². The number of hydrogen-bond donors (Lipinski definition) is 1. The molecular weight excluding hydrogens is 404 g/mol. The molecule has 1 amide bonds. The summed E-state index contributed by atoms with van der Waals surface area (Å²) >= 11 is 0. The number of alkyl halides is 2. The van der Waals surface area contributed by atoms with E-state index in [1.165, 1.54) is 12.3 Å². The van der Waals surface area contributed by atoms with Gasteiger partial charge in [0.25, 0.3) is 0 Å². The summed E-state index contributed by atoms with van der Waals surface area (Å²) in [6.45, 7) is -2.67. The monoisotopic (exact) mass is 428 g/mol. The van der Waals surface area contributed by atoms with Gasteiger partial charge in [0, 0.05) is 24.5 Å². The van der Waals surface area contributed by atoms with Crippen molar-refractivity contribution in [3.63, 3.8) is 0 Å². The molecule has 4 rings (SSSR count). The third-order valence-corrected chi connectivity index (χ3v) is 5.54. The Hall–Kier alpha value is -3.26. The van der Waals surface area contributed by atoms with E-state index in [2.05, 4.69) is 9.72 Å². The number of halogens is 2. The Morgan fingerprint density at radius 2 is 2.00 bits per heavy atom. The van der Waals surface area contributed by atoms with Crippen LogP contribution >= 0.6 is 0 Å². The SMILES string of the molecule is NC1=C[N+](C(=O)c2cccnc2)(c2ccc(OC(F)F)c(OC3CCCC3)c2)CC=C1. The van der Waals surface area contributed by atoms with Crippen molar-refractivity contribution in [2.45, 2.75) is 38.4 Å². The maximum atomic E-state index is 13.6. The van der Waals surface area contributed by atoms with Gasteiger partial charge >= 0.3 is 12.5 Å². The van der Waals surface area contributed by atoms with E-state index in [1.54, 1.807) is 42.7 Å². The molecule has 2 heterocycles. The first kappa shape index (κ1) is 21.0. The number of quaternary nitrogens is 1. The number of benzene rings is 1. The second-order valence-corrected chi connectivity index (χ2v) is 7.66. The zero-order valence-electron chi connectivity index (χ0n) is 16.9. The van der Waals surface area contributed by atoms with E-state index >= 15 is 0 Å². The molecule has 1 unspecified atom stereocenters. The highest BCUT2D eigenvalue weighted by Crippen LogP contribution is 2.39. The Morgan fingerprint density at radius 1 is 1.19 bits per heavy atom. The fraction of sp³-hybridized carbons (Fsp3) is 0.304. The Balaban J connectivity index is 1.79. The second kappa shape index (κ2) is 8.85. The zero-order chi connectivity index (χ0) is 21.8. The number of ether oxygens (including phenoxy) is 2. The number of nitrogens with zero attached hydrogens (tertiary/aromatic N) is 2. The van der Waals surface area contributed by atoms with Gasteiger partial charge in [0.05, 0.1) is 17.4 Å². The highest BCUT2D eigenvalue weighted by molar-refractivity contribution is 6.03. The van der Waals surface area contributed by atoms with Gasteiger partial charge < -0.3 is 15.2 Å². The smallest absolute Gasteiger partial charge is 0.387 e. The summed E-state index contributed by atoms with van der Waals surface area (Å²) in [5, 5.41) is 0. The van der Waals surface area contributed by atoms with Gasteiger partial charge in [-0.1, -0.05) is 0 Å². The number of allylic oxidation sites excluding steroid dienone is 1. The van der Waals surface area contributed by atoms with Crippen molar-refractivity contribution in [2.24, 2.45) is 5.73 Å². The molecule has 2 N–H and O–H groups in total. The molecule has 8 heteroatoms. The van der Waals surface area contributed by atoms with E-state index in [9.17, 15) is 13.6 Å². The van der Waals surface area contributed by atoms with Crippen molar-refractivity contribution in [2.75, 3.05) is 6.54 Å². The molecule has 0 bridgehead atoms. The molecule has 1 fully saturated rings. The van der Waals surface area contributed by atoms with Crippen molar-refractivity contribution in [1.82, 2.24) is 9.47 Å². The van der Waals surface area contributed by atoms with Gasteiger partial charge in [0.1, 0.15) is 18.4 Å². The maximum Gasteiger partial charge on any atom is 0.387 e. The third kappa shape index (κ3) is 4.44. The number of amides is 1. The lowest BCUT2D eigenvalue weighted by atomic mass is 10.1. The van der Waals surface area contributed by atoms with Gasteiger partial charge in [0.2, 0.25) is 0 Å². The van der Waals surface area contributed by atoms with E-state index in [4.69, 9.17) is 10.5 Å². The van der Waals surface area contributed by atoms with Gasteiger partial charge in [0.15, 0.2) is 11.5 Å². The number of rotatable bonds is 6. The van der Waals surface area contributed by atoms with Crippen LogP contribution in [0.1, 0.15) is 36.0 Å². The van der Waals surface area contributed by atoms with Crippen LogP contribution in [0.2, 0.25) is 0 Å². The Kier molecular flexibility index (Phi) is 5.99. The Bertz CT molecular complexity index is 1000. The lowest BCUT2D eigenvalue weighted by Gasteiger charge is -2.33. The van der Waals surface area contributed by atoms with Crippen LogP contribution in [0.25, 0.3) is 0 Å². The minimum Gasteiger partial charge on any atom is -0.486 e. The summed E-state index contributed by atoms with van der Waals surface area (Å²) in [6.07, 6.45) is 12.0. The first-order valence-corrected chi connectivity index (χ1v) is 10.2. The maximum absolute atomic E-state index is 13.6. The third-order valence-electron chi connectivity index (χ3n) is 5.54. The lowest BCUT2D eigenvalue weighted by Crippen LogP contribution is -2.51. The van der Waals surface area contributed by atoms with Crippen LogP contribution in [0, 0.1) is 0 Å². The average Bonchev–Trinajstić information content (AvgIpc) is 3.28. The molecule has 1 atom stereocenters. The van der Waals surface area contributed by atoms with Gasteiger partial charge in [-0.25, -0.2) is 4.79 Å². The molecule has 2 aliphatic rings. The van der Waals surface area contributed by atoms with Crippen LogP contribution in [0.15, 0.2) is 66.8 Å². The predicted octanol–water partition coefficient (Wildman–Crippen LogP) is 4.52. The quantitative estimate of drug-likeness (QED) is 0.685. The fourth-order valence-corrected chi connectivity index (χ4v) is 4.08. The second-order valence-electron chi connectivity index (χ2n) is 7.66. The molecule has 1 aliphatic heterocycles. The van der Waals surface area contributed by atoms with E-state index in [-0.39, 0.29) is 28.0 Å². The molecule has 0 radical (unpaired) electrons. The lowest BCUT2D eigenvalue weighted by molar-refractivity contribution is -0.0520. The van der Waals surface area contributed by atoms with E-state index < -0.39 is 6.61 Å². The van der Waals surface area contributed by atoms with Gasteiger partial charge in [-0.05, 0) is 56.0 Å². The summed E-state index contributed by atoms with van der Waals surface area (Å²) in [5.74, 6) is -0.0976. The molecule has 6 nitrogen and oxygen atoms in total. The van der Waals surface area contributed by atoms with Gasteiger partial charge in [-0.15, -0.1) is 0 Å². The average molecular weight is 428 g/mol. The zero-order valence-corrected chi connectivity index (χ0v) is 16.9. The van der Waals surface area contributed by atoms with Crippen LogP contribution in [0.3, 0.4) is 0 Å². The number of carbonyl (C=O) groups is 1. The van der Waals surface area contributed by atoms with Crippen LogP contribution in [0.5, 0.6) is 11.5 Å². The minimum atomic E-state index is -2.98. The summed E-state index contributed by atoms with van der Waals surface area (Å²) < 4.78 is 36.4. The summed E-state index contributed by atoms with van der Waals surface area (Å²) in [7, 11) is 0.